The van der Waals surface area contributed by atoms with Crippen LogP contribution in [0.4, 0.5) is 0 Å². The summed E-state index contributed by atoms with van der Waals surface area (Å²) in [6.45, 7) is 0. The van der Waals surface area contributed by atoms with Crippen LogP contribution in [0.15, 0.2) is 35.6 Å². The molecule has 0 fully saturated rings. The van der Waals surface area contributed by atoms with Gasteiger partial charge in [0.25, 0.3) is 0 Å². The summed E-state index contributed by atoms with van der Waals surface area (Å²) in [5.41, 5.74) is 0.711. The van der Waals surface area contributed by atoms with Crippen molar-refractivity contribution in [2.45, 2.75) is 4.33 Å². The predicted octanol–water partition coefficient (Wildman–Crippen LogP) is 3.79. The van der Waals surface area contributed by atoms with E-state index >= 15 is 0 Å². The average molecular weight is 235 g/mol. The van der Waals surface area contributed by atoms with Gasteiger partial charge in [0, 0.05) is 11.6 Å². The van der Waals surface area contributed by atoms with E-state index in [1.54, 1.807) is 12.1 Å². The average Bonchev–Trinajstić information content (AvgIpc) is 2.02. The van der Waals surface area contributed by atoms with Crippen molar-refractivity contribution in [1.29, 1.82) is 0 Å². The first-order valence-corrected chi connectivity index (χ1v) is 4.76. The highest BCUT2D eigenvalue weighted by atomic mass is 35.5. The lowest BCUT2D eigenvalue weighted by atomic mass is 10.1. The highest BCUT2D eigenvalue weighted by molar-refractivity contribution is 6.50. The van der Waals surface area contributed by atoms with Crippen LogP contribution in [0.1, 0.15) is 5.56 Å². The van der Waals surface area contributed by atoms with E-state index in [4.69, 9.17) is 39.5 Å². The number of para-hydroxylation sites is 1. The first kappa shape index (κ1) is 9.20. The van der Waals surface area contributed by atoms with Crippen LogP contribution in [0.25, 0.3) is 0 Å². The van der Waals surface area contributed by atoms with Crippen LogP contribution in [0.2, 0.25) is 0 Å². The van der Waals surface area contributed by atoms with Gasteiger partial charge in [0.05, 0.1) is 0 Å². The van der Waals surface area contributed by atoms with Crippen LogP contribution in [-0.4, -0.2) is 0 Å². The fraction of sp³-hybridized carbons (Fsp3) is 0.111. The Morgan fingerprint density at radius 3 is 2.62 bits per heavy atom. The Hall–Kier alpha value is -0.370. The van der Waals surface area contributed by atoms with Crippen molar-refractivity contribution < 1.29 is 4.74 Å². The molecular weight excluding hydrogens is 230 g/mol. The minimum Gasteiger partial charge on any atom is -0.445 e. The van der Waals surface area contributed by atoms with E-state index in [-0.39, 0.29) is 5.22 Å². The third kappa shape index (κ3) is 1.64. The van der Waals surface area contributed by atoms with Crippen LogP contribution < -0.4 is 4.74 Å². The summed E-state index contributed by atoms with van der Waals surface area (Å²) in [7, 11) is 0. The largest absolute Gasteiger partial charge is 0.445 e. The fourth-order valence-corrected chi connectivity index (χ4v) is 2.05. The number of hydrogen-bond acceptors (Lipinski definition) is 1. The minimum absolute atomic E-state index is 0.198. The lowest BCUT2D eigenvalue weighted by molar-refractivity contribution is 0.441. The minimum atomic E-state index is -1.09. The molecule has 0 spiro atoms. The number of alkyl halides is 2. The highest BCUT2D eigenvalue weighted by Gasteiger charge is 2.32. The zero-order valence-corrected chi connectivity index (χ0v) is 8.70. The van der Waals surface area contributed by atoms with Crippen molar-refractivity contribution in [3.05, 3.63) is 41.1 Å². The number of halogens is 3. The van der Waals surface area contributed by atoms with Gasteiger partial charge in [-0.25, -0.2) is 0 Å². The van der Waals surface area contributed by atoms with Crippen molar-refractivity contribution in [2.24, 2.45) is 0 Å². The van der Waals surface area contributed by atoms with Crippen molar-refractivity contribution in [2.75, 3.05) is 0 Å². The van der Waals surface area contributed by atoms with Gasteiger partial charge in [0.2, 0.25) is 0 Å². The molecule has 0 saturated carbocycles. The van der Waals surface area contributed by atoms with Gasteiger partial charge < -0.3 is 4.74 Å². The summed E-state index contributed by atoms with van der Waals surface area (Å²) in [5.74, 6) is 0.597. The molecule has 1 aliphatic rings. The first-order chi connectivity index (χ1) is 6.09. The molecule has 0 bridgehead atoms. The smallest absolute Gasteiger partial charge is 0.193 e. The molecule has 1 aliphatic heterocycles. The Bertz CT molecular complexity index is 371. The Balaban J connectivity index is 2.58. The molecule has 1 aromatic carbocycles. The molecule has 0 atom stereocenters. The van der Waals surface area contributed by atoms with E-state index in [2.05, 4.69) is 0 Å². The van der Waals surface area contributed by atoms with Gasteiger partial charge in [-0.1, -0.05) is 41.4 Å². The quantitative estimate of drug-likeness (QED) is 0.622. The van der Waals surface area contributed by atoms with Crippen molar-refractivity contribution >= 4 is 34.8 Å². The highest BCUT2D eigenvalue weighted by Crippen LogP contribution is 2.45. The summed E-state index contributed by atoms with van der Waals surface area (Å²) in [6.07, 6.45) is 1.46. The van der Waals surface area contributed by atoms with Gasteiger partial charge in [0.15, 0.2) is 9.55 Å². The van der Waals surface area contributed by atoms with E-state index in [0.29, 0.717) is 11.3 Å². The van der Waals surface area contributed by atoms with E-state index in [0.717, 1.165) is 0 Å². The van der Waals surface area contributed by atoms with Gasteiger partial charge in [-0.2, -0.15) is 0 Å². The maximum Gasteiger partial charge on any atom is 0.193 e. The van der Waals surface area contributed by atoms with Crippen LogP contribution in [-0.2, 0) is 4.33 Å². The molecule has 0 aliphatic carbocycles. The van der Waals surface area contributed by atoms with Gasteiger partial charge in [-0.15, -0.1) is 0 Å². The third-order valence-electron chi connectivity index (χ3n) is 1.75. The van der Waals surface area contributed by atoms with Crippen molar-refractivity contribution in [1.82, 2.24) is 0 Å². The second-order valence-electron chi connectivity index (χ2n) is 2.67. The Labute approximate surface area is 90.9 Å². The third-order valence-corrected chi connectivity index (χ3v) is 2.56. The molecule has 0 unspecified atom stereocenters. The monoisotopic (exact) mass is 234 g/mol. The Morgan fingerprint density at radius 2 is 1.85 bits per heavy atom. The summed E-state index contributed by atoms with van der Waals surface area (Å²) in [6, 6.07) is 7.24. The molecule has 68 valence electrons. The molecule has 1 nitrogen and oxygen atoms in total. The van der Waals surface area contributed by atoms with Crippen LogP contribution in [0, 0.1) is 0 Å². The normalized spacial score (nSPS) is 18.5. The second kappa shape index (κ2) is 3.09. The SMILES string of the molecule is ClC1=CC(Cl)(Cl)c2ccccc2O1. The maximum absolute atomic E-state index is 6.02. The fourth-order valence-electron chi connectivity index (χ4n) is 1.19. The molecule has 0 saturated heterocycles. The lowest BCUT2D eigenvalue weighted by Crippen LogP contribution is -2.14. The molecular formula is C9H5Cl3O. The van der Waals surface area contributed by atoms with Gasteiger partial charge in [-0.3, -0.25) is 0 Å². The molecule has 0 N–H and O–H groups in total. The van der Waals surface area contributed by atoms with E-state index < -0.39 is 4.33 Å². The Kier molecular flexibility index (Phi) is 2.18. The molecule has 2 rings (SSSR count). The molecule has 13 heavy (non-hydrogen) atoms. The zero-order valence-electron chi connectivity index (χ0n) is 6.43. The number of allylic oxidation sites excluding steroid dienone is 1. The standard InChI is InChI=1S/C9H5Cl3O/c10-8-5-9(11,12)6-3-1-2-4-7(6)13-8/h1-5H. The van der Waals surface area contributed by atoms with Crippen LogP contribution >= 0.6 is 34.8 Å². The Morgan fingerprint density at radius 1 is 1.15 bits per heavy atom. The number of rotatable bonds is 0. The molecule has 1 heterocycles. The molecule has 4 heteroatoms. The predicted molar refractivity (Wildman–Crippen MR) is 54.4 cm³/mol. The summed E-state index contributed by atoms with van der Waals surface area (Å²) < 4.78 is 4.13. The molecule has 0 radical (unpaired) electrons. The number of hydrogen-bond donors (Lipinski definition) is 0. The van der Waals surface area contributed by atoms with Gasteiger partial charge in [0.1, 0.15) is 5.75 Å². The number of ether oxygens (including phenoxy) is 1. The molecule has 0 aromatic heterocycles. The molecule has 1 aromatic rings. The summed E-state index contributed by atoms with van der Waals surface area (Å²) in [5, 5.41) is 0.198. The second-order valence-corrected chi connectivity index (χ2v) is 4.43. The molecule has 0 amide bonds. The summed E-state index contributed by atoms with van der Waals surface area (Å²) in [4.78, 5) is 0. The maximum atomic E-state index is 6.02. The van der Waals surface area contributed by atoms with Crippen LogP contribution in [0.3, 0.4) is 0 Å². The van der Waals surface area contributed by atoms with E-state index in [1.165, 1.54) is 6.08 Å². The van der Waals surface area contributed by atoms with Crippen molar-refractivity contribution in [3.63, 3.8) is 0 Å². The van der Waals surface area contributed by atoms with E-state index in [9.17, 15) is 0 Å². The van der Waals surface area contributed by atoms with Gasteiger partial charge >= 0.3 is 0 Å². The lowest BCUT2D eigenvalue weighted by Gasteiger charge is -2.24. The number of fused-ring (bicyclic) bond motifs is 1. The summed E-state index contributed by atoms with van der Waals surface area (Å²) >= 11 is 17.7. The topological polar surface area (TPSA) is 9.23 Å². The number of benzene rings is 1. The van der Waals surface area contributed by atoms with Gasteiger partial charge in [-0.05, 0) is 17.7 Å². The first-order valence-electron chi connectivity index (χ1n) is 3.63. The van der Waals surface area contributed by atoms with E-state index in [1.807, 2.05) is 12.1 Å². The van der Waals surface area contributed by atoms with Crippen molar-refractivity contribution in [3.8, 4) is 5.75 Å². The zero-order chi connectivity index (χ0) is 9.47. The van der Waals surface area contributed by atoms with Crippen LogP contribution in [0.5, 0.6) is 5.75 Å².